The number of hydrogen-bond donors (Lipinski definition) is 0. The van der Waals surface area contributed by atoms with Crippen molar-refractivity contribution in [2.75, 3.05) is 33.3 Å². The van der Waals surface area contributed by atoms with Crippen LogP contribution in [0.1, 0.15) is 34.7 Å². The minimum absolute atomic E-state index is 0.0856. The lowest BCUT2D eigenvalue weighted by atomic mass is 9.82. The van der Waals surface area contributed by atoms with Gasteiger partial charge < -0.3 is 19.0 Å². The molecule has 0 bridgehead atoms. The molecule has 4 heterocycles. The number of aryl methyl sites for hydroxylation is 1. The lowest BCUT2D eigenvalue weighted by molar-refractivity contribution is -0.168. The van der Waals surface area contributed by atoms with Crippen LogP contribution in [0.15, 0.2) is 35.3 Å². The highest BCUT2D eigenvalue weighted by atomic mass is 16.5. The molecule has 2 fully saturated rings. The first-order valence-electron chi connectivity index (χ1n) is 9.45. The fraction of sp³-hybridized carbons (Fsp3) is 0.550. The molecule has 144 valence electrons. The van der Waals surface area contributed by atoms with Gasteiger partial charge >= 0.3 is 0 Å². The number of carbonyl (C=O) groups excluding carboxylic acids is 1. The monoisotopic (exact) mass is 370 g/mol. The second kappa shape index (κ2) is 7.40. The number of oxazole rings is 1. The Morgan fingerprint density at radius 2 is 2.30 bits per heavy atom. The third-order valence-corrected chi connectivity index (χ3v) is 5.56. The van der Waals surface area contributed by atoms with Crippen LogP contribution in [0.25, 0.3) is 0 Å². The number of nitrogens with zero attached hydrogens (tertiary/aromatic N) is 4. The summed E-state index contributed by atoms with van der Waals surface area (Å²) in [6, 6.07) is 4.08. The van der Waals surface area contributed by atoms with Crippen LogP contribution in [0, 0.1) is 12.8 Å². The first kappa shape index (κ1) is 18.1. The van der Waals surface area contributed by atoms with E-state index in [1.165, 1.54) is 12.0 Å². The lowest BCUT2D eigenvalue weighted by Gasteiger charge is -2.52. The number of aromatic nitrogens is 2. The van der Waals surface area contributed by atoms with Crippen molar-refractivity contribution in [3.05, 3.63) is 47.9 Å². The molecule has 7 heteroatoms. The van der Waals surface area contributed by atoms with Gasteiger partial charge in [-0.3, -0.25) is 9.78 Å². The van der Waals surface area contributed by atoms with Gasteiger partial charge in [-0.15, -0.1) is 0 Å². The van der Waals surface area contributed by atoms with Crippen LogP contribution in [0.4, 0.5) is 0 Å². The molecule has 0 unspecified atom stereocenters. The van der Waals surface area contributed by atoms with E-state index in [2.05, 4.69) is 28.0 Å². The molecule has 0 N–H and O–H groups in total. The third kappa shape index (κ3) is 3.89. The maximum atomic E-state index is 12.4. The number of likely N-dealkylation sites (tertiary alicyclic amines) is 1. The Bertz CT molecular complexity index is 776. The van der Waals surface area contributed by atoms with Crippen molar-refractivity contribution in [2.24, 2.45) is 5.92 Å². The molecule has 2 saturated heterocycles. The van der Waals surface area contributed by atoms with Gasteiger partial charge in [0.15, 0.2) is 6.39 Å². The lowest BCUT2D eigenvalue weighted by Crippen LogP contribution is -2.66. The van der Waals surface area contributed by atoms with E-state index >= 15 is 0 Å². The van der Waals surface area contributed by atoms with Crippen molar-refractivity contribution in [2.45, 2.75) is 31.9 Å². The maximum absolute atomic E-state index is 12.4. The van der Waals surface area contributed by atoms with Gasteiger partial charge in [-0.05, 0) is 44.4 Å². The molecular weight excluding hydrogens is 344 g/mol. The number of amides is 1. The molecule has 27 heavy (non-hydrogen) atoms. The van der Waals surface area contributed by atoms with Gasteiger partial charge in [-0.2, -0.15) is 0 Å². The summed E-state index contributed by atoms with van der Waals surface area (Å²) in [5.41, 5.74) is 1.70. The van der Waals surface area contributed by atoms with Crippen molar-refractivity contribution >= 4 is 5.91 Å². The minimum atomic E-state index is -0.165. The summed E-state index contributed by atoms with van der Waals surface area (Å²) in [4.78, 5) is 24.7. The molecule has 0 aliphatic carbocycles. The van der Waals surface area contributed by atoms with Crippen LogP contribution < -0.4 is 0 Å². The molecule has 2 aromatic heterocycles. The average molecular weight is 370 g/mol. The van der Waals surface area contributed by atoms with E-state index in [4.69, 9.17) is 9.15 Å². The average Bonchev–Trinajstić information content (AvgIpc) is 3.07. The second-order valence-corrected chi connectivity index (χ2v) is 7.88. The summed E-state index contributed by atoms with van der Waals surface area (Å²) in [5, 5.41) is 0. The molecule has 7 nitrogen and oxygen atoms in total. The van der Waals surface area contributed by atoms with Crippen LogP contribution in [0.3, 0.4) is 0 Å². The largest absolute Gasteiger partial charge is 0.438 e. The molecule has 1 spiro atoms. The Kier molecular flexibility index (Phi) is 4.97. The van der Waals surface area contributed by atoms with Crippen molar-refractivity contribution < 1.29 is 13.9 Å². The SMILES string of the molecule is Cc1ncoc1C(=O)N1CC2(CC[C@H](CN(C)Cc3cccnc3)CO2)C1. The zero-order valence-corrected chi connectivity index (χ0v) is 15.9. The number of rotatable bonds is 5. The quantitative estimate of drug-likeness (QED) is 0.803. The number of pyridine rings is 1. The van der Waals surface area contributed by atoms with E-state index in [-0.39, 0.29) is 11.5 Å². The van der Waals surface area contributed by atoms with Crippen molar-refractivity contribution in [3.8, 4) is 0 Å². The smallest absolute Gasteiger partial charge is 0.291 e. The highest BCUT2D eigenvalue weighted by Crippen LogP contribution is 2.37. The van der Waals surface area contributed by atoms with Gasteiger partial charge in [-0.25, -0.2) is 4.98 Å². The van der Waals surface area contributed by atoms with Crippen molar-refractivity contribution in [1.82, 2.24) is 19.8 Å². The van der Waals surface area contributed by atoms with Gasteiger partial charge in [0.1, 0.15) is 5.60 Å². The molecule has 0 saturated carbocycles. The molecular formula is C20H26N4O3. The Balaban J connectivity index is 1.23. The van der Waals surface area contributed by atoms with Gasteiger partial charge in [0.05, 0.1) is 25.4 Å². The molecule has 0 radical (unpaired) electrons. The first-order chi connectivity index (χ1) is 13.0. The first-order valence-corrected chi connectivity index (χ1v) is 9.45. The van der Waals surface area contributed by atoms with Gasteiger partial charge in [0.25, 0.3) is 5.91 Å². The fourth-order valence-corrected chi connectivity index (χ4v) is 4.06. The van der Waals surface area contributed by atoms with Crippen molar-refractivity contribution in [3.63, 3.8) is 0 Å². The van der Waals surface area contributed by atoms with Crippen LogP contribution in [0.5, 0.6) is 0 Å². The standard InChI is InChI=1S/C20H26N4O3/c1-15-18(26-14-22-15)19(25)24-12-20(13-24)6-5-17(11-27-20)10-23(2)9-16-4-3-7-21-8-16/h3-4,7-8,14,17H,5-6,9-13H2,1-2H3/t17-/m1/s1. The summed E-state index contributed by atoms with van der Waals surface area (Å²) in [6.07, 6.45) is 7.16. The van der Waals surface area contributed by atoms with Crippen LogP contribution in [0.2, 0.25) is 0 Å². The second-order valence-electron chi connectivity index (χ2n) is 7.88. The minimum Gasteiger partial charge on any atom is -0.438 e. The van der Waals surface area contributed by atoms with E-state index in [9.17, 15) is 4.79 Å². The zero-order chi connectivity index (χ0) is 18.9. The van der Waals surface area contributed by atoms with E-state index in [1.807, 2.05) is 12.3 Å². The molecule has 1 atom stereocenters. The highest BCUT2D eigenvalue weighted by Gasteiger charge is 2.49. The van der Waals surface area contributed by atoms with Gasteiger partial charge in [-0.1, -0.05) is 6.07 Å². The summed E-state index contributed by atoms with van der Waals surface area (Å²) < 4.78 is 11.4. The Morgan fingerprint density at radius 1 is 1.44 bits per heavy atom. The normalized spacial score (nSPS) is 21.4. The van der Waals surface area contributed by atoms with E-state index in [1.54, 1.807) is 18.0 Å². The van der Waals surface area contributed by atoms with E-state index in [0.717, 1.165) is 32.5 Å². The number of ether oxygens (including phenoxy) is 1. The molecule has 2 aliphatic heterocycles. The van der Waals surface area contributed by atoms with E-state index < -0.39 is 0 Å². The Morgan fingerprint density at radius 3 is 2.93 bits per heavy atom. The topological polar surface area (TPSA) is 71.7 Å². The Hall–Kier alpha value is -2.25. The predicted octanol–water partition coefficient (Wildman–Crippen LogP) is 2.13. The van der Waals surface area contributed by atoms with Gasteiger partial charge in [0.2, 0.25) is 5.76 Å². The highest BCUT2D eigenvalue weighted by molar-refractivity contribution is 5.93. The van der Waals surface area contributed by atoms with Crippen LogP contribution in [-0.4, -0.2) is 64.6 Å². The molecule has 2 aliphatic rings. The summed E-state index contributed by atoms with van der Waals surface area (Å²) >= 11 is 0. The molecule has 0 aromatic carbocycles. The molecule has 4 rings (SSSR count). The third-order valence-electron chi connectivity index (χ3n) is 5.56. The maximum Gasteiger partial charge on any atom is 0.291 e. The number of carbonyl (C=O) groups is 1. The summed E-state index contributed by atoms with van der Waals surface area (Å²) in [7, 11) is 2.14. The predicted molar refractivity (Wildman–Crippen MR) is 99.1 cm³/mol. The zero-order valence-electron chi connectivity index (χ0n) is 15.9. The summed E-state index contributed by atoms with van der Waals surface area (Å²) in [5.74, 6) is 0.784. The molecule has 1 amide bonds. The Labute approximate surface area is 159 Å². The summed E-state index contributed by atoms with van der Waals surface area (Å²) in [6.45, 7) is 5.73. The van der Waals surface area contributed by atoms with E-state index in [0.29, 0.717) is 30.5 Å². The number of hydrogen-bond acceptors (Lipinski definition) is 6. The van der Waals surface area contributed by atoms with Crippen LogP contribution in [-0.2, 0) is 11.3 Å². The van der Waals surface area contributed by atoms with Crippen LogP contribution >= 0.6 is 0 Å². The molecule has 2 aromatic rings. The van der Waals surface area contributed by atoms with Crippen molar-refractivity contribution in [1.29, 1.82) is 0 Å². The fourth-order valence-electron chi connectivity index (χ4n) is 4.06. The van der Waals surface area contributed by atoms with Gasteiger partial charge in [0, 0.05) is 25.5 Å².